The van der Waals surface area contributed by atoms with Crippen LogP contribution >= 0.6 is 0 Å². The van der Waals surface area contributed by atoms with E-state index >= 15 is 0 Å². The van der Waals surface area contributed by atoms with Gasteiger partial charge in [-0.25, -0.2) is 0 Å². The molecule has 0 aliphatic rings. The van der Waals surface area contributed by atoms with Crippen LogP contribution in [0.1, 0.15) is 43.5 Å². The van der Waals surface area contributed by atoms with Crippen molar-refractivity contribution in [1.29, 1.82) is 0 Å². The van der Waals surface area contributed by atoms with E-state index in [1.165, 1.54) is 10.7 Å². The predicted molar refractivity (Wildman–Crippen MR) is 98.3 cm³/mol. The van der Waals surface area contributed by atoms with Gasteiger partial charge < -0.3 is 20.5 Å². The Balaban J connectivity index is 2.15. The molecule has 0 fully saturated rings. The van der Waals surface area contributed by atoms with E-state index in [0.29, 0.717) is 11.4 Å². The minimum absolute atomic E-state index is 0.121. The van der Waals surface area contributed by atoms with E-state index in [4.69, 9.17) is 0 Å². The van der Waals surface area contributed by atoms with Gasteiger partial charge >= 0.3 is 5.82 Å². The average Bonchev–Trinajstić information content (AvgIpc) is 2.90. The molecule has 1 unspecified atom stereocenters. The Hall–Kier alpha value is -2.90. The molecule has 1 atom stereocenters. The summed E-state index contributed by atoms with van der Waals surface area (Å²) >= 11 is 0. The third-order valence-electron chi connectivity index (χ3n) is 4.30. The van der Waals surface area contributed by atoms with Gasteiger partial charge in [0.1, 0.15) is 5.75 Å². The van der Waals surface area contributed by atoms with Crippen LogP contribution < -0.4 is 5.32 Å². The van der Waals surface area contributed by atoms with E-state index in [-0.39, 0.29) is 29.9 Å². The van der Waals surface area contributed by atoms with Crippen molar-refractivity contribution < 1.29 is 14.8 Å². The van der Waals surface area contributed by atoms with Crippen LogP contribution in [-0.2, 0) is 11.3 Å². The van der Waals surface area contributed by atoms with Crippen molar-refractivity contribution in [3.8, 4) is 5.75 Å². The first-order valence-electron chi connectivity index (χ1n) is 8.43. The highest BCUT2D eigenvalue weighted by atomic mass is 16.6. The summed E-state index contributed by atoms with van der Waals surface area (Å²) in [5.74, 6) is -0.556. The Morgan fingerprint density at radius 1 is 1.31 bits per heavy atom. The fourth-order valence-electron chi connectivity index (χ4n) is 2.67. The maximum atomic E-state index is 12.5. The molecule has 0 saturated carbocycles. The Kier molecular flexibility index (Phi) is 5.64. The summed E-state index contributed by atoms with van der Waals surface area (Å²) in [6, 6.07) is 4.80. The molecule has 1 aromatic heterocycles. The summed E-state index contributed by atoms with van der Waals surface area (Å²) < 4.78 is 1.46. The van der Waals surface area contributed by atoms with Crippen LogP contribution in [0, 0.1) is 29.9 Å². The number of phenols is 1. The Morgan fingerprint density at radius 3 is 2.50 bits per heavy atom. The molecule has 2 N–H and O–H groups in total. The van der Waals surface area contributed by atoms with Gasteiger partial charge in [0.15, 0.2) is 0 Å². The molecule has 0 bridgehead atoms. The molecule has 8 heteroatoms. The topological polar surface area (TPSA) is 110 Å². The summed E-state index contributed by atoms with van der Waals surface area (Å²) in [6.07, 6.45) is 0. The van der Waals surface area contributed by atoms with Gasteiger partial charge in [-0.15, -0.1) is 0 Å². The number of carbonyl (C=O) groups is 1. The number of hydrogen-bond donors (Lipinski definition) is 2. The number of nitrogens with zero attached hydrogens (tertiary/aromatic N) is 3. The standard InChI is InChI=1S/C18H24N4O4/c1-10(2)14-8-15(11(3)6-16(14)23)19-18(24)12(4)9-21-13(5)7-17(20-21)22(25)26/h6-8,10,12,23H,9H2,1-5H3,(H,19,24). The number of aromatic nitrogens is 2. The number of nitro groups is 1. The SMILES string of the molecule is Cc1cc(O)c(C(C)C)cc1NC(=O)C(C)Cn1nc([N+](=O)[O-])cc1C. The molecule has 0 radical (unpaired) electrons. The molecular weight excluding hydrogens is 336 g/mol. The second kappa shape index (κ2) is 7.55. The number of carbonyl (C=O) groups excluding carboxylic acids is 1. The minimum Gasteiger partial charge on any atom is -0.508 e. The van der Waals surface area contributed by atoms with E-state index in [9.17, 15) is 20.0 Å². The highest BCUT2D eigenvalue weighted by Gasteiger charge is 2.21. The number of amides is 1. The summed E-state index contributed by atoms with van der Waals surface area (Å²) in [6.45, 7) is 9.42. The fraction of sp³-hybridized carbons (Fsp3) is 0.444. The number of aromatic hydroxyl groups is 1. The molecule has 8 nitrogen and oxygen atoms in total. The van der Waals surface area contributed by atoms with Gasteiger partial charge in [-0.1, -0.05) is 20.8 Å². The molecule has 0 saturated heterocycles. The Morgan fingerprint density at radius 2 is 1.96 bits per heavy atom. The zero-order valence-electron chi connectivity index (χ0n) is 15.6. The maximum Gasteiger partial charge on any atom is 0.390 e. The van der Waals surface area contributed by atoms with Crippen molar-refractivity contribution in [2.75, 3.05) is 5.32 Å². The number of nitrogens with one attached hydrogen (secondary N) is 1. The average molecular weight is 360 g/mol. The normalized spacial score (nSPS) is 12.2. The molecule has 2 aromatic rings. The van der Waals surface area contributed by atoms with Gasteiger partial charge in [-0.3, -0.25) is 4.79 Å². The van der Waals surface area contributed by atoms with E-state index in [2.05, 4.69) is 10.4 Å². The van der Waals surface area contributed by atoms with Gasteiger partial charge in [0.2, 0.25) is 5.91 Å². The number of benzene rings is 1. The minimum atomic E-state index is -0.554. The van der Waals surface area contributed by atoms with E-state index < -0.39 is 10.8 Å². The lowest BCUT2D eigenvalue weighted by atomic mass is 9.99. The molecule has 26 heavy (non-hydrogen) atoms. The number of anilines is 1. The van der Waals surface area contributed by atoms with Crippen LogP contribution in [0.5, 0.6) is 5.75 Å². The van der Waals surface area contributed by atoms with Crippen molar-refractivity contribution >= 4 is 17.4 Å². The number of rotatable bonds is 6. The quantitative estimate of drug-likeness (QED) is 0.465. The first kappa shape index (κ1) is 19.4. The highest BCUT2D eigenvalue weighted by molar-refractivity contribution is 5.93. The monoisotopic (exact) mass is 360 g/mol. The zero-order valence-corrected chi connectivity index (χ0v) is 15.6. The van der Waals surface area contributed by atoms with Gasteiger partial charge in [-0.2, -0.15) is 4.68 Å². The molecular formula is C18H24N4O4. The van der Waals surface area contributed by atoms with E-state index in [1.807, 2.05) is 20.8 Å². The van der Waals surface area contributed by atoms with Crippen molar-refractivity contribution in [3.63, 3.8) is 0 Å². The fourth-order valence-corrected chi connectivity index (χ4v) is 2.67. The summed E-state index contributed by atoms with van der Waals surface area (Å²) in [7, 11) is 0. The number of phenolic OH excluding ortho intramolecular Hbond substituents is 1. The van der Waals surface area contributed by atoms with Crippen LogP contribution in [0.4, 0.5) is 11.5 Å². The number of aryl methyl sites for hydroxylation is 2. The maximum absolute atomic E-state index is 12.5. The molecule has 2 rings (SSSR count). The van der Waals surface area contributed by atoms with Crippen molar-refractivity contribution in [3.05, 3.63) is 45.1 Å². The van der Waals surface area contributed by atoms with Crippen LogP contribution in [0.15, 0.2) is 18.2 Å². The second-order valence-corrected chi connectivity index (χ2v) is 6.85. The number of hydrogen-bond acceptors (Lipinski definition) is 5. The van der Waals surface area contributed by atoms with Crippen LogP contribution in [0.3, 0.4) is 0 Å². The van der Waals surface area contributed by atoms with E-state index in [0.717, 1.165) is 11.1 Å². The van der Waals surface area contributed by atoms with Gasteiger partial charge in [0.25, 0.3) is 0 Å². The van der Waals surface area contributed by atoms with Gasteiger partial charge in [-0.05, 0) is 47.9 Å². The molecule has 0 spiro atoms. The smallest absolute Gasteiger partial charge is 0.390 e. The van der Waals surface area contributed by atoms with E-state index in [1.54, 1.807) is 26.0 Å². The molecule has 1 amide bonds. The van der Waals surface area contributed by atoms with Crippen LogP contribution in [-0.4, -0.2) is 25.7 Å². The van der Waals surface area contributed by atoms with Gasteiger partial charge in [0.05, 0.1) is 29.3 Å². The highest BCUT2D eigenvalue weighted by Crippen LogP contribution is 2.31. The third kappa shape index (κ3) is 4.19. The van der Waals surface area contributed by atoms with Crippen molar-refractivity contribution in [2.24, 2.45) is 5.92 Å². The van der Waals surface area contributed by atoms with Gasteiger partial charge in [0, 0.05) is 5.69 Å². The van der Waals surface area contributed by atoms with Crippen LogP contribution in [0.2, 0.25) is 0 Å². The molecule has 1 aromatic carbocycles. The molecule has 0 aliphatic carbocycles. The zero-order chi connectivity index (χ0) is 19.6. The van der Waals surface area contributed by atoms with Crippen molar-refractivity contribution in [2.45, 2.75) is 47.1 Å². The lowest BCUT2D eigenvalue weighted by molar-refractivity contribution is -0.389. The summed E-state index contributed by atoms with van der Waals surface area (Å²) in [4.78, 5) is 22.8. The summed E-state index contributed by atoms with van der Waals surface area (Å²) in [5, 5.41) is 27.6. The predicted octanol–water partition coefficient (Wildman–Crippen LogP) is 3.51. The molecule has 140 valence electrons. The lowest BCUT2D eigenvalue weighted by Crippen LogP contribution is -2.25. The van der Waals surface area contributed by atoms with Crippen molar-refractivity contribution in [1.82, 2.24) is 9.78 Å². The summed E-state index contributed by atoms with van der Waals surface area (Å²) in [5.41, 5.74) is 2.79. The molecule has 0 aliphatic heterocycles. The first-order valence-corrected chi connectivity index (χ1v) is 8.43. The third-order valence-corrected chi connectivity index (χ3v) is 4.30. The lowest BCUT2D eigenvalue weighted by Gasteiger charge is -2.16. The second-order valence-electron chi connectivity index (χ2n) is 6.85. The largest absolute Gasteiger partial charge is 0.508 e. The first-order chi connectivity index (χ1) is 12.1. The Bertz CT molecular complexity index is 842. The van der Waals surface area contributed by atoms with Crippen LogP contribution in [0.25, 0.3) is 0 Å². The Labute approximate surface area is 152 Å². The molecule has 1 heterocycles.